The number of rotatable bonds is 7. The van der Waals surface area contributed by atoms with Crippen molar-refractivity contribution in [1.29, 1.82) is 0 Å². The first-order valence-corrected chi connectivity index (χ1v) is 16.3. The molecule has 0 radical (unpaired) electrons. The first-order valence-electron chi connectivity index (χ1n) is 15.5. The summed E-state index contributed by atoms with van der Waals surface area (Å²) in [7, 11) is 1.37. The molecule has 0 unspecified atom stereocenters. The molecular formula is C34H29F7N4O4S. The van der Waals surface area contributed by atoms with E-state index in [1.165, 1.54) is 7.11 Å². The second-order valence-electron chi connectivity index (χ2n) is 12.8. The molecule has 0 atom stereocenters. The lowest BCUT2D eigenvalue weighted by atomic mass is 9.78. The summed E-state index contributed by atoms with van der Waals surface area (Å²) < 4.78 is 105. The zero-order chi connectivity index (χ0) is 35.6. The van der Waals surface area contributed by atoms with Gasteiger partial charge < -0.3 is 25.0 Å². The van der Waals surface area contributed by atoms with E-state index in [1.807, 2.05) is 6.07 Å². The zero-order valence-corrected chi connectivity index (χ0v) is 27.1. The van der Waals surface area contributed by atoms with Gasteiger partial charge in [-0.05, 0) is 55.0 Å². The van der Waals surface area contributed by atoms with Crippen molar-refractivity contribution in [3.63, 3.8) is 0 Å². The number of fused-ring (bicyclic) bond motifs is 1. The van der Waals surface area contributed by atoms with Crippen LogP contribution in [0.3, 0.4) is 0 Å². The molecule has 50 heavy (non-hydrogen) atoms. The summed E-state index contributed by atoms with van der Waals surface area (Å²) in [5.74, 6) is -3.10. The molecule has 3 aromatic carbocycles. The van der Waals surface area contributed by atoms with E-state index >= 15 is 0 Å². The van der Waals surface area contributed by atoms with E-state index in [1.54, 1.807) is 12.1 Å². The Labute approximate surface area is 284 Å². The summed E-state index contributed by atoms with van der Waals surface area (Å²) >= 11 is 0.607. The molecule has 0 aliphatic carbocycles. The number of ether oxygens (including phenoxy) is 2. The van der Waals surface area contributed by atoms with Crippen molar-refractivity contribution in [2.75, 3.05) is 62.0 Å². The molecule has 7 rings (SSSR count). The fraction of sp³-hybridized carbons (Fsp3) is 0.353. The van der Waals surface area contributed by atoms with Crippen molar-refractivity contribution in [3.05, 3.63) is 82.0 Å². The molecule has 4 aromatic rings. The predicted octanol–water partition coefficient (Wildman–Crippen LogP) is 7.50. The largest absolute Gasteiger partial charge is 0.496 e. The van der Waals surface area contributed by atoms with Crippen LogP contribution in [0, 0.1) is 11.2 Å². The van der Waals surface area contributed by atoms with Gasteiger partial charge in [0, 0.05) is 53.1 Å². The third-order valence-electron chi connectivity index (χ3n) is 9.44. The number of halogens is 7. The molecule has 2 amide bonds. The van der Waals surface area contributed by atoms with Crippen molar-refractivity contribution in [2.24, 2.45) is 5.41 Å². The van der Waals surface area contributed by atoms with Gasteiger partial charge in [0.05, 0.1) is 48.7 Å². The number of carbonyl (C=O) groups is 2. The molecule has 2 N–H and O–H groups in total. The molecule has 3 aliphatic rings. The first kappa shape index (κ1) is 34.1. The highest BCUT2D eigenvalue weighted by molar-refractivity contribution is 7.21. The summed E-state index contributed by atoms with van der Waals surface area (Å²) in [6.45, 7) is 4.96. The minimum Gasteiger partial charge on any atom is -0.496 e. The lowest BCUT2D eigenvalue weighted by Gasteiger charge is -2.53. The number of hydrogen-bond acceptors (Lipinski definition) is 7. The zero-order valence-electron chi connectivity index (χ0n) is 26.3. The predicted molar refractivity (Wildman–Crippen MR) is 173 cm³/mol. The monoisotopic (exact) mass is 722 g/mol. The van der Waals surface area contributed by atoms with Crippen molar-refractivity contribution >= 4 is 50.3 Å². The summed E-state index contributed by atoms with van der Waals surface area (Å²) in [5.41, 5.74) is -2.19. The van der Waals surface area contributed by atoms with Crippen LogP contribution in [0.2, 0.25) is 0 Å². The number of likely N-dealkylation sites (tertiary alicyclic amines) is 1. The average Bonchev–Trinajstić information content (AvgIpc) is 3.62. The van der Waals surface area contributed by atoms with Crippen LogP contribution in [0.5, 0.6) is 5.75 Å². The van der Waals surface area contributed by atoms with Crippen LogP contribution in [0.25, 0.3) is 10.1 Å². The lowest BCUT2D eigenvalue weighted by Crippen LogP contribution is -2.65. The normalized spacial score (nSPS) is 17.9. The highest BCUT2D eigenvalue weighted by Gasteiger charge is 2.50. The van der Waals surface area contributed by atoms with E-state index in [-0.39, 0.29) is 37.4 Å². The van der Waals surface area contributed by atoms with Gasteiger partial charge in [0.15, 0.2) is 0 Å². The maximum Gasteiger partial charge on any atom is 0.419 e. The van der Waals surface area contributed by atoms with Crippen molar-refractivity contribution in [3.8, 4) is 5.75 Å². The number of nitrogens with one attached hydrogen (secondary N) is 2. The van der Waals surface area contributed by atoms with Crippen LogP contribution in [0.15, 0.2) is 54.6 Å². The Kier molecular flexibility index (Phi) is 8.46. The van der Waals surface area contributed by atoms with Crippen molar-refractivity contribution < 1.29 is 49.8 Å². The molecule has 3 aliphatic heterocycles. The maximum atomic E-state index is 13.9. The number of benzene rings is 3. The molecule has 1 aromatic heterocycles. The smallest absolute Gasteiger partial charge is 0.419 e. The SMILES string of the molecule is COc1ccc(N2CCC3(C2)CN(C2COC2)C3)cc1C(=O)Nc1c(C(=O)Nc2ccc(F)c(C(F)(F)F)c2)sc2cc(C(F)(F)F)ccc12. The molecule has 0 saturated carbocycles. The molecule has 4 heterocycles. The highest BCUT2D eigenvalue weighted by atomic mass is 32.1. The minimum absolute atomic E-state index is 0.0125. The number of hydrogen-bond donors (Lipinski definition) is 2. The van der Waals surface area contributed by atoms with Gasteiger partial charge in [-0.3, -0.25) is 14.5 Å². The fourth-order valence-corrected chi connectivity index (χ4v) is 7.83. The van der Waals surface area contributed by atoms with Crippen molar-refractivity contribution in [1.82, 2.24) is 4.90 Å². The van der Waals surface area contributed by atoms with Crippen molar-refractivity contribution in [2.45, 2.75) is 24.8 Å². The molecule has 8 nitrogen and oxygen atoms in total. The molecule has 3 fully saturated rings. The van der Waals surface area contributed by atoms with E-state index in [4.69, 9.17) is 9.47 Å². The summed E-state index contributed by atoms with van der Waals surface area (Å²) in [6, 6.07) is 10.1. The van der Waals surface area contributed by atoms with Gasteiger partial charge in [-0.25, -0.2) is 4.39 Å². The Morgan fingerprint density at radius 2 is 1.68 bits per heavy atom. The second-order valence-corrected chi connectivity index (χ2v) is 13.8. The van der Waals surface area contributed by atoms with E-state index in [2.05, 4.69) is 20.4 Å². The van der Waals surface area contributed by atoms with Crippen LogP contribution in [-0.2, 0) is 17.1 Å². The molecular weight excluding hydrogens is 693 g/mol. The summed E-state index contributed by atoms with van der Waals surface area (Å²) in [6.07, 6.45) is -8.79. The molecule has 0 bridgehead atoms. The van der Waals surface area contributed by atoms with Crippen LogP contribution in [-0.4, -0.2) is 69.3 Å². The Hall–Kier alpha value is -4.41. The number of nitrogens with zero attached hydrogens (tertiary/aromatic N) is 2. The van der Waals surface area contributed by atoms with Crippen LogP contribution in [0.4, 0.5) is 47.8 Å². The highest BCUT2D eigenvalue weighted by Crippen LogP contribution is 2.44. The van der Waals surface area contributed by atoms with E-state index < -0.39 is 46.8 Å². The Morgan fingerprint density at radius 3 is 2.34 bits per heavy atom. The third kappa shape index (κ3) is 6.35. The number of amides is 2. The topological polar surface area (TPSA) is 83.1 Å². The maximum absolute atomic E-state index is 13.9. The molecule has 1 spiro atoms. The third-order valence-corrected chi connectivity index (χ3v) is 10.6. The molecule has 16 heteroatoms. The van der Waals surface area contributed by atoms with E-state index in [9.17, 15) is 40.3 Å². The number of alkyl halides is 6. The second kappa shape index (κ2) is 12.4. The lowest BCUT2D eigenvalue weighted by molar-refractivity contribution is -0.140. The van der Waals surface area contributed by atoms with Gasteiger partial charge in [-0.2, -0.15) is 26.3 Å². The summed E-state index contributed by atoms with van der Waals surface area (Å²) in [5, 5.41) is 5.00. The van der Waals surface area contributed by atoms with Gasteiger partial charge in [0.2, 0.25) is 0 Å². The fourth-order valence-electron chi connectivity index (χ4n) is 6.74. The van der Waals surface area contributed by atoms with Crippen LogP contribution >= 0.6 is 11.3 Å². The van der Waals surface area contributed by atoms with Gasteiger partial charge in [-0.15, -0.1) is 11.3 Å². The van der Waals surface area contributed by atoms with Crippen LogP contribution in [0.1, 0.15) is 37.6 Å². The first-order chi connectivity index (χ1) is 23.6. The minimum atomic E-state index is -5.05. The number of carbonyl (C=O) groups excluding carboxylic acids is 2. The van der Waals surface area contributed by atoms with Gasteiger partial charge in [0.25, 0.3) is 11.8 Å². The Bertz CT molecular complexity index is 1990. The van der Waals surface area contributed by atoms with Gasteiger partial charge >= 0.3 is 12.4 Å². The van der Waals surface area contributed by atoms with E-state index in [0.717, 1.165) is 75.8 Å². The number of methoxy groups -OCH3 is 1. The Morgan fingerprint density at radius 1 is 0.920 bits per heavy atom. The standard InChI is InChI=1S/C34H29F7N4O4S/c1-48-26-7-4-20(44-9-8-32(15-44)16-45(17-32)21-13-49-14-21)12-23(26)30(46)43-28-22-5-2-18(33(36,37)38)10-27(22)50-29(28)31(47)42-19-3-6-25(35)24(11-19)34(39,40)41/h2-7,10-12,21H,8-9,13-17H2,1H3,(H,42,47)(H,43,46). The summed E-state index contributed by atoms with van der Waals surface area (Å²) in [4.78, 5) is 31.7. The average molecular weight is 723 g/mol. The molecule has 3 saturated heterocycles. The van der Waals surface area contributed by atoms with Gasteiger partial charge in [-0.1, -0.05) is 6.07 Å². The number of anilines is 3. The quantitative estimate of drug-likeness (QED) is 0.193. The van der Waals surface area contributed by atoms with E-state index in [0.29, 0.717) is 29.5 Å². The Balaban J connectivity index is 1.18. The molecule has 264 valence electrons. The number of thiophene rings is 1. The van der Waals surface area contributed by atoms with Crippen LogP contribution < -0.4 is 20.3 Å². The van der Waals surface area contributed by atoms with Gasteiger partial charge in [0.1, 0.15) is 16.4 Å².